The minimum atomic E-state index is -3.86. The van der Waals surface area contributed by atoms with Crippen LogP contribution in [0, 0.1) is 0 Å². The molecular formula is C22H21ClN4O2S2. The van der Waals surface area contributed by atoms with E-state index >= 15 is 0 Å². The van der Waals surface area contributed by atoms with Crippen LogP contribution in [0.3, 0.4) is 0 Å². The number of thiophene rings is 1. The number of anilines is 3. The zero-order chi connectivity index (χ0) is 22.0. The van der Waals surface area contributed by atoms with Gasteiger partial charge in [-0.15, -0.1) is 11.3 Å². The van der Waals surface area contributed by atoms with Gasteiger partial charge in [0.15, 0.2) is 11.6 Å². The molecular weight excluding hydrogens is 452 g/mol. The molecule has 0 saturated heterocycles. The number of sulfonamides is 1. The maximum Gasteiger partial charge on any atom is 0.272 e. The third kappa shape index (κ3) is 4.81. The topological polar surface area (TPSA) is 84.0 Å². The van der Waals surface area contributed by atoms with E-state index in [1.54, 1.807) is 12.1 Å². The standard InChI is InChI=1S/C22H21ClN4O2S2/c1-3-14(2)15-8-10-16(11-9-15)24-21-22(26-18-7-5-4-6-17(18)25-21)27-31(28,29)20-13-12-19(23)30-20/h4-14H,3H2,1-2H3,(H,24,25)(H,26,27)/t14-/m1/s1. The molecule has 0 amide bonds. The van der Waals surface area contributed by atoms with Gasteiger partial charge in [0.2, 0.25) is 0 Å². The summed E-state index contributed by atoms with van der Waals surface area (Å²) >= 11 is 6.90. The second-order valence-electron chi connectivity index (χ2n) is 7.13. The van der Waals surface area contributed by atoms with Gasteiger partial charge in [0.1, 0.15) is 4.21 Å². The van der Waals surface area contributed by atoms with Crippen LogP contribution in [-0.4, -0.2) is 18.4 Å². The quantitative estimate of drug-likeness (QED) is 0.325. The van der Waals surface area contributed by atoms with Crippen LogP contribution in [-0.2, 0) is 10.0 Å². The number of para-hydroxylation sites is 2. The van der Waals surface area contributed by atoms with Crippen LogP contribution < -0.4 is 10.0 Å². The summed E-state index contributed by atoms with van der Waals surface area (Å²) in [5, 5.41) is 3.20. The van der Waals surface area contributed by atoms with Gasteiger partial charge in [-0.05, 0) is 54.3 Å². The van der Waals surface area contributed by atoms with Crippen molar-refractivity contribution in [3.8, 4) is 0 Å². The van der Waals surface area contributed by atoms with Gasteiger partial charge in [-0.1, -0.05) is 49.7 Å². The molecule has 0 aliphatic heterocycles. The molecule has 0 saturated carbocycles. The third-order valence-corrected chi connectivity index (χ3v) is 8.03. The van der Waals surface area contributed by atoms with Crippen molar-refractivity contribution in [1.29, 1.82) is 0 Å². The molecule has 0 fully saturated rings. The number of hydrogen-bond donors (Lipinski definition) is 2. The Balaban J connectivity index is 1.71. The number of benzene rings is 2. The molecule has 31 heavy (non-hydrogen) atoms. The summed E-state index contributed by atoms with van der Waals surface area (Å²) in [6.45, 7) is 4.33. The first kappa shape index (κ1) is 21.5. The molecule has 0 aliphatic rings. The van der Waals surface area contributed by atoms with Crippen LogP contribution in [0.5, 0.6) is 0 Å². The fraction of sp³-hybridized carbons (Fsp3) is 0.182. The smallest absolute Gasteiger partial charge is 0.272 e. The van der Waals surface area contributed by atoms with Crippen LogP contribution in [0.2, 0.25) is 4.34 Å². The molecule has 0 radical (unpaired) electrons. The van der Waals surface area contributed by atoms with Gasteiger partial charge >= 0.3 is 0 Å². The highest BCUT2D eigenvalue weighted by Gasteiger charge is 2.21. The SMILES string of the molecule is CC[C@@H](C)c1ccc(Nc2nc3ccccc3nc2NS(=O)(=O)c2ccc(Cl)s2)cc1. The van der Waals surface area contributed by atoms with E-state index in [-0.39, 0.29) is 10.0 Å². The van der Waals surface area contributed by atoms with E-state index in [0.717, 1.165) is 23.4 Å². The highest BCUT2D eigenvalue weighted by Crippen LogP contribution is 2.31. The molecule has 4 rings (SSSR count). The first-order valence-corrected chi connectivity index (χ1v) is 12.5. The second kappa shape index (κ2) is 8.82. The fourth-order valence-corrected chi connectivity index (χ4v) is 5.54. The predicted octanol–water partition coefficient (Wildman–Crippen LogP) is 6.40. The molecule has 0 spiro atoms. The molecule has 0 aliphatic carbocycles. The lowest BCUT2D eigenvalue weighted by Crippen LogP contribution is -2.15. The lowest BCUT2D eigenvalue weighted by atomic mass is 9.99. The number of aromatic nitrogens is 2. The van der Waals surface area contributed by atoms with E-state index in [9.17, 15) is 8.42 Å². The molecule has 2 N–H and O–H groups in total. The van der Waals surface area contributed by atoms with Gasteiger partial charge in [-0.25, -0.2) is 18.4 Å². The summed E-state index contributed by atoms with van der Waals surface area (Å²) in [6.07, 6.45) is 1.06. The van der Waals surface area contributed by atoms with Crippen molar-refractivity contribution in [2.45, 2.75) is 30.4 Å². The van der Waals surface area contributed by atoms with Crippen molar-refractivity contribution in [3.63, 3.8) is 0 Å². The molecule has 6 nitrogen and oxygen atoms in total. The monoisotopic (exact) mass is 472 g/mol. The van der Waals surface area contributed by atoms with Crippen molar-refractivity contribution >= 4 is 61.3 Å². The van der Waals surface area contributed by atoms with E-state index in [2.05, 4.69) is 46.0 Å². The van der Waals surface area contributed by atoms with Crippen LogP contribution in [0.15, 0.2) is 64.9 Å². The van der Waals surface area contributed by atoms with Gasteiger partial charge in [0, 0.05) is 5.69 Å². The zero-order valence-corrected chi connectivity index (χ0v) is 19.4. The van der Waals surface area contributed by atoms with E-state index in [4.69, 9.17) is 11.6 Å². The Morgan fingerprint density at radius 1 is 0.968 bits per heavy atom. The molecule has 160 valence electrons. The summed E-state index contributed by atoms with van der Waals surface area (Å²) in [6, 6.07) is 18.3. The van der Waals surface area contributed by atoms with E-state index in [1.165, 1.54) is 11.6 Å². The Morgan fingerprint density at radius 2 is 1.61 bits per heavy atom. The van der Waals surface area contributed by atoms with Gasteiger partial charge < -0.3 is 5.32 Å². The summed E-state index contributed by atoms with van der Waals surface area (Å²) in [4.78, 5) is 9.11. The fourth-order valence-electron chi connectivity index (χ4n) is 3.05. The minimum absolute atomic E-state index is 0.108. The van der Waals surface area contributed by atoms with Crippen LogP contribution >= 0.6 is 22.9 Å². The first-order chi connectivity index (χ1) is 14.9. The Bertz CT molecular complexity index is 1320. The summed E-state index contributed by atoms with van der Waals surface area (Å²) < 4.78 is 28.8. The maximum atomic E-state index is 12.9. The molecule has 0 unspecified atom stereocenters. The number of fused-ring (bicyclic) bond motifs is 1. The molecule has 9 heteroatoms. The Morgan fingerprint density at radius 3 is 2.19 bits per heavy atom. The van der Waals surface area contributed by atoms with Crippen LogP contribution in [0.4, 0.5) is 17.3 Å². The number of hydrogen-bond acceptors (Lipinski definition) is 6. The summed E-state index contributed by atoms with van der Waals surface area (Å²) in [7, 11) is -3.86. The molecule has 0 bridgehead atoms. The van der Waals surface area contributed by atoms with Crippen molar-refractivity contribution in [1.82, 2.24) is 9.97 Å². The molecule has 2 heterocycles. The maximum absolute atomic E-state index is 12.9. The third-order valence-electron chi connectivity index (χ3n) is 4.97. The highest BCUT2D eigenvalue weighted by molar-refractivity contribution is 7.94. The predicted molar refractivity (Wildman–Crippen MR) is 128 cm³/mol. The zero-order valence-electron chi connectivity index (χ0n) is 17.0. The van der Waals surface area contributed by atoms with Gasteiger partial charge in [-0.3, -0.25) is 4.72 Å². The van der Waals surface area contributed by atoms with Gasteiger partial charge in [-0.2, -0.15) is 0 Å². The Hall–Kier alpha value is -2.68. The Kier molecular flexibility index (Phi) is 6.13. The van der Waals surface area contributed by atoms with Gasteiger partial charge in [0.05, 0.1) is 15.4 Å². The largest absolute Gasteiger partial charge is 0.337 e. The Labute approximate surface area is 190 Å². The highest BCUT2D eigenvalue weighted by atomic mass is 35.5. The summed E-state index contributed by atoms with van der Waals surface area (Å²) in [5.74, 6) is 0.907. The molecule has 2 aromatic carbocycles. The number of nitrogens with zero attached hydrogens (tertiary/aromatic N) is 2. The van der Waals surface area contributed by atoms with Crippen molar-refractivity contribution in [2.24, 2.45) is 0 Å². The average Bonchev–Trinajstić information content (AvgIpc) is 3.21. The van der Waals surface area contributed by atoms with E-state index in [1.807, 2.05) is 30.3 Å². The van der Waals surface area contributed by atoms with E-state index in [0.29, 0.717) is 27.1 Å². The molecule has 4 aromatic rings. The molecule has 1 atom stereocenters. The number of nitrogens with one attached hydrogen (secondary N) is 2. The normalized spacial score (nSPS) is 12.6. The lowest BCUT2D eigenvalue weighted by Gasteiger charge is -2.14. The molecule has 2 aromatic heterocycles. The first-order valence-electron chi connectivity index (χ1n) is 9.77. The van der Waals surface area contributed by atoms with Crippen LogP contribution in [0.1, 0.15) is 31.7 Å². The minimum Gasteiger partial charge on any atom is -0.337 e. The summed E-state index contributed by atoms with van der Waals surface area (Å²) in [5.41, 5.74) is 3.27. The van der Waals surface area contributed by atoms with Crippen molar-refractivity contribution in [2.75, 3.05) is 10.0 Å². The second-order valence-corrected chi connectivity index (χ2v) is 10.8. The van der Waals surface area contributed by atoms with Crippen molar-refractivity contribution in [3.05, 3.63) is 70.6 Å². The van der Waals surface area contributed by atoms with E-state index < -0.39 is 10.0 Å². The average molecular weight is 473 g/mol. The van der Waals surface area contributed by atoms with Crippen LogP contribution in [0.25, 0.3) is 11.0 Å². The number of halogens is 1. The number of rotatable bonds is 7. The van der Waals surface area contributed by atoms with Gasteiger partial charge in [0.25, 0.3) is 10.0 Å². The lowest BCUT2D eigenvalue weighted by molar-refractivity contribution is 0.603. The van der Waals surface area contributed by atoms with Crippen molar-refractivity contribution < 1.29 is 8.42 Å².